The van der Waals surface area contributed by atoms with E-state index in [1.807, 2.05) is 0 Å². The highest BCUT2D eigenvalue weighted by Gasteiger charge is 2.15. The van der Waals surface area contributed by atoms with Crippen molar-refractivity contribution in [3.8, 4) is 17.2 Å². The zero-order valence-corrected chi connectivity index (χ0v) is 19.8. The van der Waals surface area contributed by atoms with Gasteiger partial charge in [-0.1, -0.05) is 35.3 Å². The van der Waals surface area contributed by atoms with E-state index in [1.54, 1.807) is 60.7 Å². The second-order valence-corrected chi connectivity index (χ2v) is 7.56. The molecule has 3 rings (SSSR count). The summed E-state index contributed by atoms with van der Waals surface area (Å²) in [4.78, 5) is 24.2. The number of methoxy groups -OCH3 is 2. The van der Waals surface area contributed by atoms with Crippen molar-refractivity contribution in [3.63, 3.8) is 0 Å². The maximum absolute atomic E-state index is 12.1. The average Bonchev–Trinajstić information content (AvgIpc) is 2.84. The highest BCUT2D eigenvalue weighted by atomic mass is 35.5. The fourth-order valence-electron chi connectivity index (χ4n) is 2.84. The van der Waals surface area contributed by atoms with E-state index in [9.17, 15) is 9.59 Å². The van der Waals surface area contributed by atoms with Crippen molar-refractivity contribution < 1.29 is 23.8 Å². The summed E-state index contributed by atoms with van der Waals surface area (Å²) < 4.78 is 16.3. The largest absolute Gasteiger partial charge is 0.497 e. The van der Waals surface area contributed by atoms with Crippen LogP contribution in [0.1, 0.15) is 11.1 Å². The highest BCUT2D eigenvalue weighted by molar-refractivity contribution is 6.39. The number of amides is 2. The van der Waals surface area contributed by atoms with Gasteiger partial charge in [-0.3, -0.25) is 9.59 Å². The number of benzene rings is 3. The van der Waals surface area contributed by atoms with Crippen molar-refractivity contribution in [2.45, 2.75) is 6.61 Å². The van der Waals surface area contributed by atoms with Gasteiger partial charge in [-0.25, -0.2) is 5.43 Å². The van der Waals surface area contributed by atoms with E-state index in [-0.39, 0.29) is 6.61 Å². The summed E-state index contributed by atoms with van der Waals surface area (Å²) in [5.41, 5.74) is 3.73. The molecule has 0 heterocycles. The molecule has 0 fully saturated rings. The third kappa shape index (κ3) is 6.40. The van der Waals surface area contributed by atoms with Crippen LogP contribution in [0.5, 0.6) is 17.2 Å². The monoisotopic (exact) mass is 501 g/mol. The molecule has 0 aliphatic rings. The fraction of sp³-hybridized carbons (Fsp3) is 0.125. The molecule has 0 aliphatic heterocycles. The number of para-hydroxylation sites is 1. The Kier molecular flexibility index (Phi) is 8.73. The first-order chi connectivity index (χ1) is 16.4. The Labute approximate surface area is 206 Å². The van der Waals surface area contributed by atoms with E-state index >= 15 is 0 Å². The van der Waals surface area contributed by atoms with Gasteiger partial charge in [0.1, 0.15) is 12.4 Å². The average molecular weight is 502 g/mol. The van der Waals surface area contributed by atoms with Gasteiger partial charge < -0.3 is 19.5 Å². The predicted octanol–water partition coefficient (Wildman–Crippen LogP) is 4.68. The van der Waals surface area contributed by atoms with Gasteiger partial charge in [0.25, 0.3) is 0 Å². The van der Waals surface area contributed by atoms with Crippen LogP contribution in [0, 0.1) is 0 Å². The van der Waals surface area contributed by atoms with Crippen molar-refractivity contribution in [2.24, 2.45) is 5.10 Å². The molecule has 0 aromatic heterocycles. The molecule has 0 saturated carbocycles. The standard InChI is InChI=1S/C24H21Cl2N3O5/c1-32-17-11-9-16(10-12-17)28-23(30)24(31)29-27-13-15-5-3-8-21(33-2)22(15)34-14-18-19(25)6-4-7-20(18)26/h3-13H,14H2,1-2H3,(H,28,30)(H,29,31)/b27-13-. The van der Waals surface area contributed by atoms with Crippen LogP contribution in [-0.2, 0) is 16.2 Å². The van der Waals surface area contributed by atoms with E-state index in [0.29, 0.717) is 44.1 Å². The third-order valence-electron chi connectivity index (χ3n) is 4.58. The van der Waals surface area contributed by atoms with Gasteiger partial charge in [0.05, 0.1) is 20.4 Å². The van der Waals surface area contributed by atoms with Crippen molar-refractivity contribution in [3.05, 3.63) is 81.8 Å². The summed E-state index contributed by atoms with van der Waals surface area (Å²) in [5, 5.41) is 7.27. The minimum Gasteiger partial charge on any atom is -0.497 e. The number of hydrazone groups is 1. The number of hydrogen-bond acceptors (Lipinski definition) is 6. The molecular formula is C24H21Cl2N3O5. The molecule has 0 saturated heterocycles. The smallest absolute Gasteiger partial charge is 0.329 e. The number of anilines is 1. The fourth-order valence-corrected chi connectivity index (χ4v) is 3.34. The number of hydrogen-bond donors (Lipinski definition) is 2. The van der Waals surface area contributed by atoms with Crippen molar-refractivity contribution >= 4 is 46.9 Å². The summed E-state index contributed by atoms with van der Waals surface area (Å²) in [6, 6.07) is 16.8. The summed E-state index contributed by atoms with van der Waals surface area (Å²) in [6.07, 6.45) is 1.34. The number of ether oxygens (including phenoxy) is 3. The zero-order chi connectivity index (χ0) is 24.5. The van der Waals surface area contributed by atoms with E-state index < -0.39 is 11.8 Å². The predicted molar refractivity (Wildman–Crippen MR) is 131 cm³/mol. The molecule has 3 aromatic carbocycles. The number of nitrogens with one attached hydrogen (secondary N) is 2. The molecule has 0 atom stereocenters. The van der Waals surface area contributed by atoms with Crippen LogP contribution >= 0.6 is 23.2 Å². The van der Waals surface area contributed by atoms with Crippen molar-refractivity contribution in [2.75, 3.05) is 19.5 Å². The molecule has 0 unspecified atom stereocenters. The van der Waals surface area contributed by atoms with E-state index in [0.717, 1.165) is 0 Å². The Morgan fingerprint density at radius 1 is 0.912 bits per heavy atom. The Balaban J connectivity index is 1.67. The lowest BCUT2D eigenvalue weighted by atomic mass is 10.2. The van der Waals surface area contributed by atoms with E-state index in [2.05, 4.69) is 15.8 Å². The van der Waals surface area contributed by atoms with Crippen LogP contribution < -0.4 is 25.0 Å². The lowest BCUT2D eigenvalue weighted by molar-refractivity contribution is -0.136. The molecule has 10 heteroatoms. The lowest BCUT2D eigenvalue weighted by Gasteiger charge is -2.14. The molecule has 0 aliphatic carbocycles. The minimum atomic E-state index is -0.944. The van der Waals surface area contributed by atoms with Crippen LogP contribution in [0.4, 0.5) is 5.69 Å². The van der Waals surface area contributed by atoms with Gasteiger partial charge in [-0.2, -0.15) is 5.10 Å². The lowest BCUT2D eigenvalue weighted by Crippen LogP contribution is -2.32. The molecule has 2 amide bonds. The molecule has 176 valence electrons. The minimum absolute atomic E-state index is 0.0797. The number of carbonyl (C=O) groups is 2. The van der Waals surface area contributed by atoms with Gasteiger partial charge in [-0.05, 0) is 48.5 Å². The Morgan fingerprint density at radius 3 is 2.24 bits per heavy atom. The normalized spacial score (nSPS) is 10.6. The maximum Gasteiger partial charge on any atom is 0.329 e. The third-order valence-corrected chi connectivity index (χ3v) is 5.28. The van der Waals surface area contributed by atoms with Gasteiger partial charge in [0.15, 0.2) is 11.5 Å². The Morgan fingerprint density at radius 2 is 1.59 bits per heavy atom. The number of nitrogens with zero attached hydrogens (tertiary/aromatic N) is 1. The summed E-state index contributed by atoms with van der Waals surface area (Å²) in [5.74, 6) is -0.393. The van der Waals surface area contributed by atoms with E-state index in [1.165, 1.54) is 20.4 Å². The van der Waals surface area contributed by atoms with Crippen LogP contribution in [0.25, 0.3) is 0 Å². The molecule has 2 N–H and O–H groups in total. The molecule has 8 nitrogen and oxygen atoms in total. The Bertz CT molecular complexity index is 1180. The summed E-state index contributed by atoms with van der Waals surface area (Å²) in [6.45, 7) is 0.0797. The number of halogens is 2. The van der Waals surface area contributed by atoms with E-state index in [4.69, 9.17) is 37.4 Å². The topological polar surface area (TPSA) is 98.2 Å². The first-order valence-electron chi connectivity index (χ1n) is 9.94. The SMILES string of the molecule is COc1ccc(NC(=O)C(=O)N/N=C\c2cccc(OC)c2OCc2c(Cl)cccc2Cl)cc1. The van der Waals surface area contributed by atoms with Crippen LogP contribution in [0.2, 0.25) is 10.0 Å². The van der Waals surface area contributed by atoms with Crippen LogP contribution in [0.15, 0.2) is 65.8 Å². The number of carbonyl (C=O) groups excluding carboxylic acids is 2. The van der Waals surface area contributed by atoms with Crippen molar-refractivity contribution in [1.29, 1.82) is 0 Å². The van der Waals surface area contributed by atoms with Gasteiger partial charge in [0.2, 0.25) is 0 Å². The van der Waals surface area contributed by atoms with Crippen molar-refractivity contribution in [1.82, 2.24) is 5.43 Å². The van der Waals surface area contributed by atoms with Gasteiger partial charge in [-0.15, -0.1) is 0 Å². The molecule has 0 bridgehead atoms. The Hall–Kier alpha value is -3.75. The highest BCUT2D eigenvalue weighted by Crippen LogP contribution is 2.33. The quantitative estimate of drug-likeness (QED) is 0.265. The molecule has 34 heavy (non-hydrogen) atoms. The molecule has 0 spiro atoms. The molecular weight excluding hydrogens is 481 g/mol. The number of rotatable bonds is 8. The van der Waals surface area contributed by atoms with Gasteiger partial charge in [0, 0.05) is 26.9 Å². The summed E-state index contributed by atoms with van der Waals surface area (Å²) >= 11 is 12.4. The van der Waals surface area contributed by atoms with Crippen LogP contribution in [0.3, 0.4) is 0 Å². The molecule has 0 radical (unpaired) electrons. The zero-order valence-electron chi connectivity index (χ0n) is 18.3. The second kappa shape index (κ2) is 11.9. The first-order valence-corrected chi connectivity index (χ1v) is 10.7. The molecule has 3 aromatic rings. The summed E-state index contributed by atoms with van der Waals surface area (Å²) in [7, 11) is 3.03. The van der Waals surface area contributed by atoms with Crippen LogP contribution in [-0.4, -0.2) is 32.2 Å². The first kappa shape index (κ1) is 24.9. The maximum atomic E-state index is 12.1. The second-order valence-electron chi connectivity index (χ2n) is 6.75. The van der Waals surface area contributed by atoms with Gasteiger partial charge >= 0.3 is 11.8 Å².